The summed E-state index contributed by atoms with van der Waals surface area (Å²) in [6, 6.07) is 0. The summed E-state index contributed by atoms with van der Waals surface area (Å²) < 4.78 is 5.16. The molecule has 0 aliphatic heterocycles. The molecule has 0 spiro atoms. The van der Waals surface area contributed by atoms with Gasteiger partial charge in [0, 0.05) is 5.54 Å². The minimum Gasteiger partial charge on any atom is -0.455 e. The van der Waals surface area contributed by atoms with E-state index in [1.165, 1.54) is 19.3 Å². The van der Waals surface area contributed by atoms with Crippen molar-refractivity contribution in [3.05, 3.63) is 0 Å². The van der Waals surface area contributed by atoms with E-state index >= 15 is 0 Å². The fraction of sp³-hybridized carbons (Fsp3) is 0.882. The highest BCUT2D eigenvalue weighted by Crippen LogP contribution is 2.55. The number of hydrogen-bond acceptors (Lipinski definition) is 3. The SMILES string of the molecule is C[C@@H]1C[C@H]1C(=O)OCC(=O)NC12CC3CC(CC(C3)C1)C2. The molecule has 21 heavy (non-hydrogen) atoms. The van der Waals surface area contributed by atoms with Crippen LogP contribution in [0.3, 0.4) is 0 Å². The second-order valence-corrected chi connectivity index (χ2v) is 8.17. The average molecular weight is 291 g/mol. The zero-order chi connectivity index (χ0) is 14.6. The molecule has 5 fully saturated rings. The van der Waals surface area contributed by atoms with Crippen molar-refractivity contribution in [2.24, 2.45) is 29.6 Å². The Hall–Kier alpha value is -1.06. The van der Waals surface area contributed by atoms with Crippen LogP contribution in [0.2, 0.25) is 0 Å². The van der Waals surface area contributed by atoms with Crippen LogP contribution < -0.4 is 5.32 Å². The van der Waals surface area contributed by atoms with Crippen molar-refractivity contribution in [3.8, 4) is 0 Å². The van der Waals surface area contributed by atoms with Gasteiger partial charge in [0.05, 0.1) is 5.92 Å². The van der Waals surface area contributed by atoms with Crippen molar-refractivity contribution in [3.63, 3.8) is 0 Å². The van der Waals surface area contributed by atoms with E-state index in [0.29, 0.717) is 5.92 Å². The Bertz CT molecular complexity index is 437. The second-order valence-electron chi connectivity index (χ2n) is 8.17. The van der Waals surface area contributed by atoms with E-state index in [1.54, 1.807) is 0 Å². The third-order valence-corrected chi connectivity index (χ3v) is 6.20. The highest BCUT2D eigenvalue weighted by atomic mass is 16.5. The normalized spacial score (nSPS) is 46.2. The van der Waals surface area contributed by atoms with E-state index in [9.17, 15) is 9.59 Å². The van der Waals surface area contributed by atoms with Gasteiger partial charge in [-0.25, -0.2) is 0 Å². The number of amides is 1. The van der Waals surface area contributed by atoms with E-state index in [1.807, 2.05) is 6.92 Å². The minimum absolute atomic E-state index is 0.0190. The summed E-state index contributed by atoms with van der Waals surface area (Å²) in [5.41, 5.74) is 0.0190. The third kappa shape index (κ3) is 2.58. The molecular formula is C17H25NO3. The summed E-state index contributed by atoms with van der Waals surface area (Å²) in [7, 11) is 0. The van der Waals surface area contributed by atoms with Gasteiger partial charge < -0.3 is 10.1 Å². The topological polar surface area (TPSA) is 55.4 Å². The number of ether oxygens (including phenoxy) is 1. The summed E-state index contributed by atoms with van der Waals surface area (Å²) >= 11 is 0. The largest absolute Gasteiger partial charge is 0.455 e. The Morgan fingerprint density at radius 3 is 2.05 bits per heavy atom. The first kappa shape index (κ1) is 13.6. The number of hydrogen-bond donors (Lipinski definition) is 1. The molecule has 0 saturated heterocycles. The van der Waals surface area contributed by atoms with Gasteiger partial charge in [-0.1, -0.05) is 6.92 Å². The van der Waals surface area contributed by atoms with Gasteiger partial charge >= 0.3 is 5.97 Å². The Kier molecular flexibility index (Phi) is 3.05. The maximum absolute atomic E-state index is 12.2. The van der Waals surface area contributed by atoms with Gasteiger partial charge in [-0.15, -0.1) is 0 Å². The summed E-state index contributed by atoms with van der Waals surface area (Å²) in [6.07, 6.45) is 8.42. The molecule has 4 heteroatoms. The molecule has 0 aromatic carbocycles. The van der Waals surface area contributed by atoms with Gasteiger partial charge in [-0.05, 0) is 68.6 Å². The number of esters is 1. The molecule has 5 rings (SSSR count). The number of nitrogens with one attached hydrogen (secondary N) is 1. The maximum Gasteiger partial charge on any atom is 0.309 e. The van der Waals surface area contributed by atoms with Crippen LogP contribution in [0.1, 0.15) is 51.9 Å². The standard InChI is InChI=1S/C17H25NO3/c1-10-2-14(10)16(20)21-9-15(19)18-17-6-11-3-12(7-17)5-13(4-11)8-17/h10-14H,2-9H2,1H3,(H,18,19)/t10-,11?,12?,13?,14-,17?/m1/s1. The van der Waals surface area contributed by atoms with Gasteiger partial charge in [-0.3, -0.25) is 9.59 Å². The maximum atomic E-state index is 12.2. The van der Waals surface area contributed by atoms with Crippen LogP contribution in [0.25, 0.3) is 0 Å². The molecule has 0 heterocycles. The van der Waals surface area contributed by atoms with Crippen LogP contribution >= 0.6 is 0 Å². The van der Waals surface area contributed by atoms with Gasteiger partial charge in [-0.2, -0.15) is 0 Å². The lowest BCUT2D eigenvalue weighted by molar-refractivity contribution is -0.151. The zero-order valence-electron chi connectivity index (χ0n) is 12.8. The van der Waals surface area contributed by atoms with Crippen LogP contribution in [0.15, 0.2) is 0 Å². The van der Waals surface area contributed by atoms with E-state index in [2.05, 4.69) is 5.32 Å². The van der Waals surface area contributed by atoms with Crippen LogP contribution in [0.4, 0.5) is 0 Å². The first-order valence-corrected chi connectivity index (χ1v) is 8.51. The summed E-state index contributed by atoms with van der Waals surface area (Å²) in [5.74, 6) is 2.62. The summed E-state index contributed by atoms with van der Waals surface area (Å²) in [4.78, 5) is 23.9. The molecule has 5 saturated carbocycles. The molecule has 5 aliphatic carbocycles. The van der Waals surface area contributed by atoms with Gasteiger partial charge in [0.25, 0.3) is 5.91 Å². The van der Waals surface area contributed by atoms with Crippen LogP contribution in [0.5, 0.6) is 0 Å². The fourth-order valence-corrected chi connectivity index (χ4v) is 5.49. The first-order chi connectivity index (χ1) is 10.0. The molecule has 0 aromatic heterocycles. The van der Waals surface area contributed by atoms with Crippen LogP contribution in [0, 0.1) is 29.6 Å². The first-order valence-electron chi connectivity index (χ1n) is 8.51. The Labute approximate surface area is 126 Å². The van der Waals surface area contributed by atoms with E-state index in [0.717, 1.165) is 43.4 Å². The second kappa shape index (κ2) is 4.72. The van der Waals surface area contributed by atoms with E-state index in [4.69, 9.17) is 4.74 Å². The molecule has 4 bridgehead atoms. The number of rotatable bonds is 4. The van der Waals surface area contributed by atoms with Gasteiger partial charge in [0.15, 0.2) is 6.61 Å². The minimum atomic E-state index is -0.192. The van der Waals surface area contributed by atoms with Crippen LogP contribution in [-0.4, -0.2) is 24.0 Å². The number of carbonyl (C=O) groups is 2. The fourth-order valence-electron chi connectivity index (χ4n) is 5.49. The Morgan fingerprint density at radius 2 is 1.57 bits per heavy atom. The van der Waals surface area contributed by atoms with Gasteiger partial charge in [0.1, 0.15) is 0 Å². The lowest BCUT2D eigenvalue weighted by atomic mass is 9.53. The van der Waals surface area contributed by atoms with Crippen molar-refractivity contribution in [2.75, 3.05) is 6.61 Å². The van der Waals surface area contributed by atoms with Crippen molar-refractivity contribution < 1.29 is 14.3 Å². The van der Waals surface area contributed by atoms with Crippen molar-refractivity contribution in [1.82, 2.24) is 5.32 Å². The van der Waals surface area contributed by atoms with Crippen molar-refractivity contribution in [1.29, 1.82) is 0 Å². The molecule has 2 atom stereocenters. The monoisotopic (exact) mass is 291 g/mol. The predicted molar refractivity (Wildman–Crippen MR) is 77.3 cm³/mol. The predicted octanol–water partition coefficient (Wildman–Crippen LogP) is 2.27. The van der Waals surface area contributed by atoms with E-state index < -0.39 is 0 Å². The quantitative estimate of drug-likeness (QED) is 0.808. The zero-order valence-corrected chi connectivity index (χ0v) is 12.8. The molecule has 5 aliphatic rings. The van der Waals surface area contributed by atoms with Crippen molar-refractivity contribution >= 4 is 11.9 Å². The Morgan fingerprint density at radius 1 is 1.05 bits per heavy atom. The van der Waals surface area contributed by atoms with Gasteiger partial charge in [0.2, 0.25) is 0 Å². The smallest absolute Gasteiger partial charge is 0.309 e. The lowest BCUT2D eigenvalue weighted by Crippen LogP contribution is -2.60. The Balaban J connectivity index is 1.31. The summed E-state index contributed by atoms with van der Waals surface area (Å²) in [6.45, 7) is 1.95. The highest BCUT2D eigenvalue weighted by molar-refractivity contribution is 5.82. The lowest BCUT2D eigenvalue weighted by Gasteiger charge is -2.56. The third-order valence-electron chi connectivity index (χ3n) is 6.20. The van der Waals surface area contributed by atoms with Crippen molar-refractivity contribution in [2.45, 2.75) is 57.4 Å². The molecule has 0 radical (unpaired) electrons. The molecule has 116 valence electrons. The molecule has 0 unspecified atom stereocenters. The molecule has 1 amide bonds. The number of carbonyl (C=O) groups excluding carboxylic acids is 2. The molecule has 1 N–H and O–H groups in total. The highest BCUT2D eigenvalue weighted by Gasteiger charge is 2.51. The molecule has 0 aromatic rings. The average Bonchev–Trinajstić information content (AvgIpc) is 3.11. The molecular weight excluding hydrogens is 266 g/mol. The molecule has 4 nitrogen and oxygen atoms in total. The van der Waals surface area contributed by atoms with Crippen LogP contribution in [-0.2, 0) is 14.3 Å². The summed E-state index contributed by atoms with van der Waals surface area (Å²) in [5, 5.41) is 3.23. The van der Waals surface area contributed by atoms with E-state index in [-0.39, 0.29) is 29.9 Å².